The van der Waals surface area contributed by atoms with Crippen LogP contribution in [0.15, 0.2) is 24.3 Å². The Labute approximate surface area is 110 Å². The van der Waals surface area contributed by atoms with Crippen molar-refractivity contribution in [2.45, 2.75) is 46.1 Å². The van der Waals surface area contributed by atoms with Crippen molar-refractivity contribution in [3.8, 4) is 0 Å². The Morgan fingerprint density at radius 1 is 1.22 bits per heavy atom. The summed E-state index contributed by atoms with van der Waals surface area (Å²) in [6, 6.07) is 7.19. The molecular formula is C16H24FN. The number of rotatable bonds is 3. The quantitative estimate of drug-likeness (QED) is 0.855. The van der Waals surface area contributed by atoms with Gasteiger partial charge in [0.1, 0.15) is 5.82 Å². The second-order valence-corrected chi connectivity index (χ2v) is 7.06. The van der Waals surface area contributed by atoms with E-state index in [9.17, 15) is 4.39 Å². The molecule has 2 rings (SSSR count). The van der Waals surface area contributed by atoms with E-state index in [4.69, 9.17) is 0 Å². The molecule has 0 saturated heterocycles. The lowest BCUT2D eigenvalue weighted by Crippen LogP contribution is -2.37. The molecule has 0 radical (unpaired) electrons. The molecular weight excluding hydrogens is 225 g/mol. The Kier molecular flexibility index (Phi) is 3.26. The average molecular weight is 249 g/mol. The molecule has 2 unspecified atom stereocenters. The lowest BCUT2D eigenvalue weighted by molar-refractivity contribution is 0.396. The Morgan fingerprint density at radius 2 is 1.83 bits per heavy atom. The van der Waals surface area contributed by atoms with Crippen molar-refractivity contribution < 1.29 is 4.39 Å². The standard InChI is InChI=1S/C16H24FN/c1-15(2,3)18-10-12-14(16(12,4)5)11-8-6-7-9-13(11)17/h6-9,12,14,18H,10H2,1-5H3. The summed E-state index contributed by atoms with van der Waals surface area (Å²) in [6.07, 6.45) is 0. The lowest BCUT2D eigenvalue weighted by atomic mass is 10.0. The predicted molar refractivity (Wildman–Crippen MR) is 74.2 cm³/mol. The molecule has 0 aromatic heterocycles. The number of benzene rings is 1. The van der Waals surface area contributed by atoms with Gasteiger partial charge < -0.3 is 5.32 Å². The van der Waals surface area contributed by atoms with E-state index >= 15 is 0 Å². The Hall–Kier alpha value is -0.890. The van der Waals surface area contributed by atoms with Gasteiger partial charge in [0.05, 0.1) is 0 Å². The molecule has 18 heavy (non-hydrogen) atoms. The number of nitrogens with one attached hydrogen (secondary N) is 1. The van der Waals surface area contributed by atoms with Crippen LogP contribution in [0.5, 0.6) is 0 Å². The van der Waals surface area contributed by atoms with Crippen LogP contribution in [0.4, 0.5) is 4.39 Å². The highest BCUT2D eigenvalue weighted by molar-refractivity contribution is 5.33. The van der Waals surface area contributed by atoms with E-state index in [1.54, 1.807) is 12.1 Å². The van der Waals surface area contributed by atoms with Crippen LogP contribution >= 0.6 is 0 Å². The topological polar surface area (TPSA) is 12.0 Å². The van der Waals surface area contributed by atoms with Crippen molar-refractivity contribution in [3.63, 3.8) is 0 Å². The summed E-state index contributed by atoms with van der Waals surface area (Å²) in [5.74, 6) is 0.802. The monoisotopic (exact) mass is 249 g/mol. The van der Waals surface area contributed by atoms with Crippen molar-refractivity contribution in [2.24, 2.45) is 11.3 Å². The zero-order chi connectivity index (χ0) is 13.6. The summed E-state index contributed by atoms with van der Waals surface area (Å²) in [5.41, 5.74) is 1.20. The van der Waals surface area contributed by atoms with E-state index in [0.29, 0.717) is 11.8 Å². The highest BCUT2D eigenvalue weighted by Crippen LogP contribution is 2.64. The van der Waals surface area contributed by atoms with Crippen LogP contribution in [-0.2, 0) is 0 Å². The molecule has 0 amide bonds. The summed E-state index contributed by atoms with van der Waals surface area (Å²) < 4.78 is 13.9. The molecule has 1 N–H and O–H groups in total. The molecule has 1 nitrogen and oxygen atoms in total. The Bertz CT molecular complexity index is 431. The SMILES string of the molecule is CC(C)(C)NCC1C(c2ccccc2F)C1(C)C. The highest BCUT2D eigenvalue weighted by Gasteiger charge is 2.58. The van der Waals surface area contributed by atoms with Crippen LogP contribution in [-0.4, -0.2) is 12.1 Å². The summed E-state index contributed by atoms with van der Waals surface area (Å²) in [6.45, 7) is 11.9. The Morgan fingerprint density at radius 3 is 2.39 bits per heavy atom. The second kappa shape index (κ2) is 4.34. The third kappa shape index (κ3) is 2.59. The van der Waals surface area contributed by atoms with Crippen LogP contribution in [0.1, 0.15) is 46.1 Å². The molecule has 1 fully saturated rings. The molecule has 100 valence electrons. The van der Waals surface area contributed by atoms with E-state index < -0.39 is 0 Å². The fourth-order valence-electron chi connectivity index (χ4n) is 2.89. The molecule has 0 bridgehead atoms. The fraction of sp³-hybridized carbons (Fsp3) is 0.625. The smallest absolute Gasteiger partial charge is 0.126 e. The minimum Gasteiger partial charge on any atom is -0.312 e. The number of halogens is 1. The van der Waals surface area contributed by atoms with Crippen LogP contribution in [0, 0.1) is 17.2 Å². The molecule has 1 aromatic carbocycles. The van der Waals surface area contributed by atoms with E-state index in [2.05, 4.69) is 39.9 Å². The fourth-order valence-corrected chi connectivity index (χ4v) is 2.89. The van der Waals surface area contributed by atoms with E-state index in [0.717, 1.165) is 12.1 Å². The molecule has 1 aliphatic carbocycles. The number of hydrogen-bond acceptors (Lipinski definition) is 1. The highest BCUT2D eigenvalue weighted by atomic mass is 19.1. The lowest BCUT2D eigenvalue weighted by Gasteiger charge is -2.21. The molecule has 1 aliphatic rings. The molecule has 2 heteroatoms. The first-order valence-electron chi connectivity index (χ1n) is 6.73. The molecule has 2 atom stereocenters. The molecule has 0 aliphatic heterocycles. The van der Waals surface area contributed by atoms with Crippen molar-refractivity contribution in [1.82, 2.24) is 5.32 Å². The van der Waals surface area contributed by atoms with Gasteiger partial charge in [0.15, 0.2) is 0 Å². The van der Waals surface area contributed by atoms with Crippen LogP contribution in [0.25, 0.3) is 0 Å². The minimum atomic E-state index is -0.0613. The molecule has 1 saturated carbocycles. The minimum absolute atomic E-state index is 0.0613. The maximum absolute atomic E-state index is 13.9. The van der Waals surface area contributed by atoms with Gasteiger partial charge >= 0.3 is 0 Å². The van der Waals surface area contributed by atoms with Gasteiger partial charge in [-0.05, 0) is 56.2 Å². The van der Waals surface area contributed by atoms with E-state index in [1.807, 2.05) is 12.1 Å². The first-order chi connectivity index (χ1) is 8.23. The van der Waals surface area contributed by atoms with Gasteiger partial charge in [0.2, 0.25) is 0 Å². The van der Waals surface area contributed by atoms with Gasteiger partial charge in [-0.2, -0.15) is 0 Å². The predicted octanol–water partition coefficient (Wildman–Crippen LogP) is 3.95. The maximum Gasteiger partial charge on any atom is 0.126 e. The summed E-state index contributed by atoms with van der Waals surface area (Å²) in [7, 11) is 0. The maximum atomic E-state index is 13.9. The van der Waals surface area contributed by atoms with Gasteiger partial charge in [-0.3, -0.25) is 0 Å². The zero-order valence-corrected chi connectivity index (χ0v) is 12.0. The third-order valence-electron chi connectivity index (χ3n) is 4.14. The van der Waals surface area contributed by atoms with Gasteiger partial charge in [-0.15, -0.1) is 0 Å². The largest absolute Gasteiger partial charge is 0.312 e. The van der Waals surface area contributed by atoms with Crippen molar-refractivity contribution >= 4 is 0 Å². The second-order valence-electron chi connectivity index (χ2n) is 7.06. The zero-order valence-electron chi connectivity index (χ0n) is 12.0. The first-order valence-corrected chi connectivity index (χ1v) is 6.73. The number of hydrogen-bond donors (Lipinski definition) is 1. The van der Waals surface area contributed by atoms with Crippen LogP contribution in [0.3, 0.4) is 0 Å². The van der Waals surface area contributed by atoms with E-state index in [-0.39, 0.29) is 16.8 Å². The summed E-state index contributed by atoms with van der Waals surface area (Å²) in [4.78, 5) is 0. The third-order valence-corrected chi connectivity index (χ3v) is 4.14. The van der Waals surface area contributed by atoms with Crippen molar-refractivity contribution in [1.29, 1.82) is 0 Å². The van der Waals surface area contributed by atoms with Gasteiger partial charge in [0, 0.05) is 5.54 Å². The molecule has 0 spiro atoms. The average Bonchev–Trinajstić information content (AvgIpc) is 2.77. The first kappa shape index (κ1) is 13.5. The van der Waals surface area contributed by atoms with Crippen LogP contribution in [0.2, 0.25) is 0 Å². The molecule has 0 heterocycles. The van der Waals surface area contributed by atoms with Crippen molar-refractivity contribution in [3.05, 3.63) is 35.6 Å². The summed E-state index contributed by atoms with van der Waals surface area (Å²) >= 11 is 0. The van der Waals surface area contributed by atoms with Crippen LogP contribution < -0.4 is 5.32 Å². The van der Waals surface area contributed by atoms with Gasteiger partial charge in [-0.1, -0.05) is 32.0 Å². The van der Waals surface area contributed by atoms with Gasteiger partial charge in [0.25, 0.3) is 0 Å². The summed E-state index contributed by atoms with van der Waals surface area (Å²) in [5, 5.41) is 3.54. The van der Waals surface area contributed by atoms with E-state index in [1.165, 1.54) is 0 Å². The molecule has 1 aromatic rings. The Balaban J connectivity index is 2.10. The van der Waals surface area contributed by atoms with Gasteiger partial charge in [-0.25, -0.2) is 4.39 Å². The normalized spacial score (nSPS) is 26.1. The van der Waals surface area contributed by atoms with Crippen molar-refractivity contribution in [2.75, 3.05) is 6.54 Å².